The average molecular weight is 423 g/mol. The molecule has 6 nitrogen and oxygen atoms in total. The Morgan fingerprint density at radius 1 is 1.42 bits per heavy atom. The number of carbonyl (C=O) groups excluding carboxylic acids is 2. The van der Waals surface area contributed by atoms with E-state index in [0.29, 0.717) is 11.6 Å². The topological polar surface area (TPSA) is 75.6 Å². The number of methoxy groups -OCH3 is 1. The van der Waals surface area contributed by atoms with Crippen LogP contribution in [-0.4, -0.2) is 43.1 Å². The molecular formula is C19H25BrN3O3+. The van der Waals surface area contributed by atoms with Crippen molar-refractivity contribution in [3.05, 3.63) is 28.4 Å². The van der Waals surface area contributed by atoms with Gasteiger partial charge >= 0.3 is 5.97 Å². The zero-order valence-electron chi connectivity index (χ0n) is 15.3. The fraction of sp³-hybridized carbons (Fsp3) is 0.474. The fourth-order valence-electron chi connectivity index (χ4n) is 3.69. The number of H-pyrrole nitrogens is 1. The maximum Gasteiger partial charge on any atom is 0.356 e. The molecule has 0 aliphatic carbocycles. The first kappa shape index (κ1) is 18.9. The molecule has 26 heavy (non-hydrogen) atoms. The summed E-state index contributed by atoms with van der Waals surface area (Å²) in [6, 6.07) is 5.45. The number of piperidine rings is 1. The zero-order valence-corrected chi connectivity index (χ0v) is 16.9. The Bertz CT molecular complexity index is 833. The lowest BCUT2D eigenvalue weighted by Crippen LogP contribution is -3.17. The van der Waals surface area contributed by atoms with Gasteiger partial charge in [-0.15, -0.1) is 0 Å². The van der Waals surface area contributed by atoms with Crippen molar-refractivity contribution < 1.29 is 19.2 Å². The van der Waals surface area contributed by atoms with Crippen LogP contribution in [-0.2, 0) is 9.53 Å². The molecule has 1 unspecified atom stereocenters. The van der Waals surface area contributed by atoms with Gasteiger partial charge in [-0.05, 0) is 38.0 Å². The summed E-state index contributed by atoms with van der Waals surface area (Å²) in [5, 5.41) is 3.76. The highest BCUT2D eigenvalue weighted by Crippen LogP contribution is 2.30. The van der Waals surface area contributed by atoms with Crippen LogP contribution in [0.2, 0.25) is 0 Å². The van der Waals surface area contributed by atoms with Crippen LogP contribution in [0.1, 0.15) is 37.2 Å². The number of carbonyl (C=O) groups is 2. The second-order valence-electron chi connectivity index (χ2n) is 7.13. The maximum absolute atomic E-state index is 12.9. The minimum Gasteiger partial charge on any atom is -0.464 e. The maximum atomic E-state index is 12.9. The molecule has 0 spiro atoms. The van der Waals surface area contributed by atoms with E-state index in [1.165, 1.54) is 18.4 Å². The normalized spacial score (nSPS) is 21.4. The van der Waals surface area contributed by atoms with E-state index in [-0.39, 0.29) is 17.6 Å². The Morgan fingerprint density at radius 2 is 2.19 bits per heavy atom. The fourth-order valence-corrected chi connectivity index (χ4v) is 4.05. The number of aromatic nitrogens is 1. The summed E-state index contributed by atoms with van der Waals surface area (Å²) in [5.74, 6) is 0.0445. The number of ether oxygens (including phenoxy) is 1. The third-order valence-corrected chi connectivity index (χ3v) is 5.70. The van der Waals surface area contributed by atoms with Gasteiger partial charge in [-0.1, -0.05) is 22.9 Å². The van der Waals surface area contributed by atoms with Gasteiger partial charge in [0.05, 0.1) is 25.9 Å². The highest BCUT2D eigenvalue weighted by Gasteiger charge is 2.31. The van der Waals surface area contributed by atoms with E-state index in [4.69, 9.17) is 4.74 Å². The molecule has 2 aromatic rings. The van der Waals surface area contributed by atoms with Gasteiger partial charge in [-0.2, -0.15) is 0 Å². The molecule has 1 amide bonds. The van der Waals surface area contributed by atoms with Gasteiger partial charge in [-0.3, -0.25) is 4.79 Å². The van der Waals surface area contributed by atoms with Gasteiger partial charge in [0, 0.05) is 21.3 Å². The van der Waals surface area contributed by atoms with E-state index >= 15 is 0 Å². The number of halogens is 1. The largest absolute Gasteiger partial charge is 0.464 e. The molecule has 2 heterocycles. The lowest BCUT2D eigenvalue weighted by molar-refractivity contribution is -0.922. The van der Waals surface area contributed by atoms with Crippen LogP contribution in [0.3, 0.4) is 0 Å². The summed E-state index contributed by atoms with van der Waals surface area (Å²) in [6.07, 6.45) is 2.36. The van der Waals surface area contributed by atoms with Crippen molar-refractivity contribution in [3.63, 3.8) is 0 Å². The second-order valence-corrected chi connectivity index (χ2v) is 8.04. The quantitative estimate of drug-likeness (QED) is 0.661. The van der Waals surface area contributed by atoms with E-state index in [2.05, 4.69) is 33.2 Å². The first-order chi connectivity index (χ1) is 12.4. The molecule has 0 saturated carbocycles. The third-order valence-electron chi connectivity index (χ3n) is 5.21. The molecule has 3 atom stereocenters. The van der Waals surface area contributed by atoms with Crippen LogP contribution >= 0.6 is 15.9 Å². The Balaban J connectivity index is 1.90. The van der Waals surface area contributed by atoms with E-state index < -0.39 is 5.97 Å². The zero-order chi connectivity index (χ0) is 18.8. The lowest BCUT2D eigenvalue weighted by Gasteiger charge is -2.31. The Labute approximate surface area is 161 Å². The number of fused-ring (bicyclic) bond motifs is 1. The highest BCUT2D eigenvalue weighted by atomic mass is 79.9. The standard InChI is InChI=1S/C19H24BrN3O3/c1-11-5-4-8-23(10-11)12(2)18(24)22-16-14-9-13(20)6-7-15(14)21-17(16)19(25)26-3/h6-7,9,11-12,21H,4-5,8,10H2,1-3H3,(H,22,24)/p+1/t11-,12-/m1/s1. The van der Waals surface area contributed by atoms with Crippen LogP contribution in [0.15, 0.2) is 22.7 Å². The summed E-state index contributed by atoms with van der Waals surface area (Å²) in [4.78, 5) is 29.4. The van der Waals surface area contributed by atoms with Crippen molar-refractivity contribution in [3.8, 4) is 0 Å². The van der Waals surface area contributed by atoms with Gasteiger partial charge in [0.15, 0.2) is 6.04 Å². The molecule has 1 saturated heterocycles. The summed E-state index contributed by atoms with van der Waals surface area (Å²) in [5.41, 5.74) is 1.52. The number of amides is 1. The van der Waals surface area contributed by atoms with Crippen molar-refractivity contribution in [1.82, 2.24) is 4.98 Å². The molecule has 140 valence electrons. The van der Waals surface area contributed by atoms with Crippen LogP contribution < -0.4 is 10.2 Å². The van der Waals surface area contributed by atoms with Gasteiger partial charge in [-0.25, -0.2) is 4.79 Å². The predicted octanol–water partition coefficient (Wildman–Crippen LogP) is 2.36. The molecule has 1 fully saturated rings. The minimum absolute atomic E-state index is 0.0832. The number of benzene rings is 1. The first-order valence-electron chi connectivity index (χ1n) is 8.95. The Morgan fingerprint density at radius 3 is 2.88 bits per heavy atom. The number of aromatic amines is 1. The minimum atomic E-state index is -0.501. The molecular weight excluding hydrogens is 398 g/mol. The van der Waals surface area contributed by atoms with Gasteiger partial charge in [0.2, 0.25) is 0 Å². The molecule has 3 N–H and O–H groups in total. The SMILES string of the molecule is COC(=O)c1[nH]c2ccc(Br)cc2c1NC(=O)[C@@H](C)[NH+]1CCC[C@@H](C)C1. The van der Waals surface area contributed by atoms with Gasteiger partial charge in [0.25, 0.3) is 5.91 Å². The smallest absolute Gasteiger partial charge is 0.356 e. The molecule has 0 radical (unpaired) electrons. The molecule has 3 rings (SSSR count). The predicted molar refractivity (Wildman–Crippen MR) is 105 cm³/mol. The number of nitrogens with one attached hydrogen (secondary N) is 3. The van der Waals surface area contributed by atoms with Crippen LogP contribution in [0.4, 0.5) is 5.69 Å². The average Bonchev–Trinajstić information content (AvgIpc) is 2.98. The molecule has 1 aliphatic heterocycles. The van der Waals surface area contributed by atoms with E-state index in [0.717, 1.165) is 34.9 Å². The molecule has 1 aromatic carbocycles. The summed E-state index contributed by atoms with van der Waals surface area (Å²) >= 11 is 3.45. The first-order valence-corrected chi connectivity index (χ1v) is 9.75. The number of hydrogen-bond donors (Lipinski definition) is 3. The van der Waals surface area contributed by atoms with Crippen molar-refractivity contribution in [2.75, 3.05) is 25.5 Å². The van der Waals surface area contributed by atoms with Gasteiger partial charge in [0.1, 0.15) is 5.69 Å². The van der Waals surface area contributed by atoms with Crippen molar-refractivity contribution in [2.45, 2.75) is 32.7 Å². The number of hydrogen-bond acceptors (Lipinski definition) is 3. The third kappa shape index (κ3) is 3.78. The summed E-state index contributed by atoms with van der Waals surface area (Å²) in [6.45, 7) is 6.18. The summed E-state index contributed by atoms with van der Waals surface area (Å²) < 4.78 is 5.75. The number of anilines is 1. The number of rotatable bonds is 4. The Hall–Kier alpha value is -1.86. The van der Waals surface area contributed by atoms with Crippen LogP contribution in [0, 0.1) is 5.92 Å². The van der Waals surface area contributed by atoms with Crippen molar-refractivity contribution in [2.24, 2.45) is 5.92 Å². The highest BCUT2D eigenvalue weighted by molar-refractivity contribution is 9.10. The molecule has 0 bridgehead atoms. The van der Waals surface area contributed by atoms with E-state index in [9.17, 15) is 9.59 Å². The summed E-state index contributed by atoms with van der Waals surface area (Å²) in [7, 11) is 1.33. The van der Waals surface area contributed by atoms with Crippen LogP contribution in [0.5, 0.6) is 0 Å². The Kier molecular flexibility index (Phi) is 5.67. The van der Waals surface area contributed by atoms with Gasteiger partial charge < -0.3 is 19.9 Å². The second kappa shape index (κ2) is 7.80. The number of likely N-dealkylation sites (tertiary alicyclic amines) is 1. The molecule has 1 aromatic heterocycles. The number of esters is 1. The van der Waals surface area contributed by atoms with Crippen LogP contribution in [0.25, 0.3) is 10.9 Å². The van der Waals surface area contributed by atoms with E-state index in [1.807, 2.05) is 25.1 Å². The van der Waals surface area contributed by atoms with E-state index in [1.54, 1.807) is 0 Å². The van der Waals surface area contributed by atoms with Crippen molar-refractivity contribution >= 4 is 44.4 Å². The number of quaternary nitrogens is 1. The molecule has 7 heteroatoms. The molecule has 1 aliphatic rings. The van der Waals surface area contributed by atoms with Crippen molar-refractivity contribution in [1.29, 1.82) is 0 Å². The lowest BCUT2D eigenvalue weighted by atomic mass is 9.99. The monoisotopic (exact) mass is 422 g/mol.